The van der Waals surface area contributed by atoms with Gasteiger partial charge in [-0.15, -0.1) is 0 Å². The lowest BCUT2D eigenvalue weighted by molar-refractivity contribution is 0.380. The summed E-state index contributed by atoms with van der Waals surface area (Å²) < 4.78 is 0. The van der Waals surface area contributed by atoms with Crippen LogP contribution in [0.2, 0.25) is 0 Å². The number of hydrogen-bond donors (Lipinski definition) is 1. The molecule has 2 aromatic rings. The number of benzene rings is 1. The minimum atomic E-state index is 0.380. The second-order valence-electron chi connectivity index (χ2n) is 8.06. The molecule has 2 N–H and O–H groups in total. The third-order valence-corrected chi connectivity index (χ3v) is 6.02. The van der Waals surface area contributed by atoms with Gasteiger partial charge < -0.3 is 15.5 Å². The SMILES string of the molecule is Cc1cc(N2CCC(CCc3cccc(N4CCCC4)c3)CC2)nc(N)n1. The van der Waals surface area contributed by atoms with Crippen LogP contribution in [0.5, 0.6) is 0 Å². The zero-order chi connectivity index (χ0) is 18.6. The first-order valence-corrected chi connectivity index (χ1v) is 10.4. The first kappa shape index (κ1) is 18.1. The van der Waals surface area contributed by atoms with Gasteiger partial charge in [-0.05, 0) is 69.1 Å². The number of aromatic nitrogens is 2. The van der Waals surface area contributed by atoms with Crippen LogP contribution >= 0.6 is 0 Å². The largest absolute Gasteiger partial charge is 0.372 e. The lowest BCUT2D eigenvalue weighted by atomic mass is 9.90. The summed E-state index contributed by atoms with van der Waals surface area (Å²) in [6, 6.07) is 11.2. The molecule has 0 atom stereocenters. The van der Waals surface area contributed by atoms with Gasteiger partial charge in [-0.1, -0.05) is 12.1 Å². The van der Waals surface area contributed by atoms with Crippen LogP contribution in [0.1, 0.15) is 43.4 Å². The van der Waals surface area contributed by atoms with E-state index in [4.69, 9.17) is 5.73 Å². The van der Waals surface area contributed by atoms with Crippen molar-refractivity contribution in [2.45, 2.75) is 45.4 Å². The molecule has 144 valence electrons. The Hall–Kier alpha value is -2.30. The van der Waals surface area contributed by atoms with E-state index in [1.54, 1.807) is 0 Å². The zero-order valence-electron chi connectivity index (χ0n) is 16.4. The standard InChI is InChI=1S/C22H31N5/c1-17-15-21(25-22(23)24-17)27-13-9-18(10-14-27)7-8-19-5-4-6-20(16-19)26-11-2-3-12-26/h4-6,15-16,18H,2-3,7-14H2,1H3,(H2,23,24,25). The van der Waals surface area contributed by atoms with Gasteiger partial charge in [0.05, 0.1) is 0 Å². The molecule has 2 saturated heterocycles. The molecule has 0 aliphatic carbocycles. The maximum Gasteiger partial charge on any atom is 0.222 e. The molecule has 0 bridgehead atoms. The van der Waals surface area contributed by atoms with E-state index in [1.165, 1.54) is 62.9 Å². The lowest BCUT2D eigenvalue weighted by Crippen LogP contribution is -2.34. The Morgan fingerprint density at radius 2 is 1.78 bits per heavy atom. The van der Waals surface area contributed by atoms with Crippen LogP contribution in [0.15, 0.2) is 30.3 Å². The van der Waals surface area contributed by atoms with Crippen LogP contribution in [0.3, 0.4) is 0 Å². The van der Waals surface area contributed by atoms with E-state index in [0.717, 1.165) is 30.5 Å². The number of nitrogens with two attached hydrogens (primary N) is 1. The van der Waals surface area contributed by atoms with Crippen molar-refractivity contribution in [3.8, 4) is 0 Å². The van der Waals surface area contributed by atoms with E-state index in [-0.39, 0.29) is 0 Å². The van der Waals surface area contributed by atoms with Crippen molar-refractivity contribution < 1.29 is 0 Å². The van der Waals surface area contributed by atoms with Crippen molar-refractivity contribution in [3.05, 3.63) is 41.6 Å². The molecule has 5 heteroatoms. The fourth-order valence-corrected chi connectivity index (χ4v) is 4.44. The summed E-state index contributed by atoms with van der Waals surface area (Å²) in [6.45, 7) is 6.54. The second kappa shape index (κ2) is 8.15. The van der Waals surface area contributed by atoms with Crippen LogP contribution in [0, 0.1) is 12.8 Å². The monoisotopic (exact) mass is 365 g/mol. The summed E-state index contributed by atoms with van der Waals surface area (Å²) in [5.74, 6) is 2.17. The predicted molar refractivity (Wildman–Crippen MR) is 112 cm³/mol. The number of rotatable bonds is 5. The van der Waals surface area contributed by atoms with Gasteiger partial charge in [0.1, 0.15) is 5.82 Å². The van der Waals surface area contributed by atoms with Gasteiger partial charge in [0.2, 0.25) is 5.95 Å². The van der Waals surface area contributed by atoms with Gasteiger partial charge in [0.25, 0.3) is 0 Å². The first-order valence-electron chi connectivity index (χ1n) is 10.4. The molecule has 27 heavy (non-hydrogen) atoms. The van der Waals surface area contributed by atoms with Crippen molar-refractivity contribution in [2.24, 2.45) is 5.92 Å². The molecule has 0 spiro atoms. The van der Waals surface area contributed by atoms with Crippen LogP contribution < -0.4 is 15.5 Å². The van der Waals surface area contributed by atoms with Crippen LogP contribution in [-0.4, -0.2) is 36.1 Å². The number of aryl methyl sites for hydroxylation is 2. The van der Waals surface area contributed by atoms with Crippen molar-refractivity contribution in [1.82, 2.24) is 9.97 Å². The highest BCUT2D eigenvalue weighted by molar-refractivity contribution is 5.49. The van der Waals surface area contributed by atoms with Crippen LogP contribution in [-0.2, 0) is 6.42 Å². The Balaban J connectivity index is 1.29. The van der Waals surface area contributed by atoms with Crippen molar-refractivity contribution in [2.75, 3.05) is 41.7 Å². The van der Waals surface area contributed by atoms with Crippen LogP contribution in [0.4, 0.5) is 17.5 Å². The Labute approximate surface area is 162 Å². The third kappa shape index (κ3) is 4.52. The van der Waals surface area contributed by atoms with Gasteiger partial charge in [-0.25, -0.2) is 4.98 Å². The molecule has 2 aliphatic heterocycles. The molecule has 3 heterocycles. The average Bonchev–Trinajstić information content (AvgIpc) is 3.21. The molecule has 0 saturated carbocycles. The summed E-state index contributed by atoms with van der Waals surface area (Å²) in [5.41, 5.74) is 9.65. The Bertz CT molecular complexity index is 741. The number of piperidine rings is 1. The van der Waals surface area contributed by atoms with E-state index in [1.807, 2.05) is 13.0 Å². The van der Waals surface area contributed by atoms with E-state index < -0.39 is 0 Å². The maximum absolute atomic E-state index is 5.81. The first-order chi connectivity index (χ1) is 13.2. The minimum Gasteiger partial charge on any atom is -0.372 e. The molecule has 0 radical (unpaired) electrons. The quantitative estimate of drug-likeness (QED) is 0.873. The summed E-state index contributed by atoms with van der Waals surface area (Å²) in [5, 5.41) is 0. The molecular formula is C22H31N5. The topological polar surface area (TPSA) is 58.3 Å². The Morgan fingerprint density at radius 3 is 2.52 bits per heavy atom. The Morgan fingerprint density at radius 1 is 1.00 bits per heavy atom. The van der Waals surface area contributed by atoms with E-state index in [0.29, 0.717) is 5.95 Å². The van der Waals surface area contributed by atoms with E-state index in [9.17, 15) is 0 Å². The van der Waals surface area contributed by atoms with Crippen molar-refractivity contribution >= 4 is 17.5 Å². The van der Waals surface area contributed by atoms with Gasteiger partial charge in [-0.2, -0.15) is 4.98 Å². The zero-order valence-corrected chi connectivity index (χ0v) is 16.4. The number of nitrogens with zero attached hydrogens (tertiary/aromatic N) is 4. The van der Waals surface area contributed by atoms with Gasteiger partial charge in [0, 0.05) is 43.6 Å². The fourth-order valence-electron chi connectivity index (χ4n) is 4.44. The van der Waals surface area contributed by atoms with Crippen molar-refractivity contribution in [3.63, 3.8) is 0 Å². The van der Waals surface area contributed by atoms with Crippen molar-refractivity contribution in [1.29, 1.82) is 0 Å². The number of anilines is 3. The van der Waals surface area contributed by atoms with Crippen LogP contribution in [0.25, 0.3) is 0 Å². The summed E-state index contributed by atoms with van der Waals surface area (Å²) in [4.78, 5) is 13.5. The molecule has 2 aliphatic rings. The fraction of sp³-hybridized carbons (Fsp3) is 0.545. The third-order valence-electron chi connectivity index (χ3n) is 6.02. The number of nitrogen functional groups attached to an aromatic ring is 1. The van der Waals surface area contributed by atoms with E-state index in [2.05, 4.69) is 44.0 Å². The van der Waals surface area contributed by atoms with Gasteiger partial charge >= 0.3 is 0 Å². The Kier molecular flexibility index (Phi) is 5.46. The molecule has 5 nitrogen and oxygen atoms in total. The van der Waals surface area contributed by atoms with Gasteiger partial charge in [0.15, 0.2) is 0 Å². The molecule has 2 fully saturated rings. The highest BCUT2D eigenvalue weighted by atomic mass is 15.2. The van der Waals surface area contributed by atoms with E-state index >= 15 is 0 Å². The molecular weight excluding hydrogens is 334 g/mol. The molecule has 4 rings (SSSR count). The molecule has 0 unspecified atom stereocenters. The smallest absolute Gasteiger partial charge is 0.222 e. The molecule has 1 aromatic heterocycles. The second-order valence-corrected chi connectivity index (χ2v) is 8.06. The highest BCUT2D eigenvalue weighted by Crippen LogP contribution is 2.27. The minimum absolute atomic E-state index is 0.380. The summed E-state index contributed by atoms with van der Waals surface area (Å²) in [6.07, 6.45) is 7.60. The maximum atomic E-state index is 5.81. The average molecular weight is 366 g/mol. The molecule has 0 amide bonds. The summed E-state index contributed by atoms with van der Waals surface area (Å²) >= 11 is 0. The highest BCUT2D eigenvalue weighted by Gasteiger charge is 2.21. The summed E-state index contributed by atoms with van der Waals surface area (Å²) in [7, 11) is 0. The number of hydrogen-bond acceptors (Lipinski definition) is 5. The van der Waals surface area contributed by atoms with Gasteiger partial charge in [-0.3, -0.25) is 0 Å². The lowest BCUT2D eigenvalue weighted by Gasteiger charge is -2.33. The normalized spacial score (nSPS) is 18.3. The molecule has 1 aromatic carbocycles. The predicted octanol–water partition coefficient (Wildman–Crippen LogP) is 3.82.